The van der Waals surface area contributed by atoms with Crippen molar-refractivity contribution in [1.29, 1.82) is 0 Å². The minimum atomic E-state index is -0.971. The van der Waals surface area contributed by atoms with E-state index in [4.69, 9.17) is 10.8 Å². The fraction of sp³-hybridized carbons (Fsp3) is 0.800. The van der Waals surface area contributed by atoms with E-state index in [9.17, 15) is 9.59 Å². The summed E-state index contributed by atoms with van der Waals surface area (Å²) in [5.74, 6) is -0.782. The highest BCUT2D eigenvalue weighted by molar-refractivity contribution is 5.87. The minimum Gasteiger partial charge on any atom is -0.481 e. The van der Waals surface area contributed by atoms with Gasteiger partial charge in [0, 0.05) is 19.5 Å². The first kappa shape index (κ1) is 14.1. The second-order valence-electron chi connectivity index (χ2n) is 3.96. The molecule has 0 rings (SSSR count). The number of carbonyl (C=O) groups excluding carboxylic acids is 1. The maximum Gasteiger partial charge on any atom is 0.305 e. The molecule has 0 bridgehead atoms. The van der Waals surface area contributed by atoms with Crippen LogP contribution in [0.25, 0.3) is 0 Å². The van der Waals surface area contributed by atoms with E-state index in [1.165, 1.54) is 0 Å². The fourth-order valence-electron chi connectivity index (χ4n) is 1.28. The number of carboxylic acids is 1. The van der Waals surface area contributed by atoms with Crippen LogP contribution >= 0.6 is 0 Å². The van der Waals surface area contributed by atoms with E-state index >= 15 is 0 Å². The summed E-state index contributed by atoms with van der Waals surface area (Å²) in [5, 5.41) is 11.5. The van der Waals surface area contributed by atoms with Crippen LogP contribution in [0.5, 0.6) is 0 Å². The zero-order chi connectivity index (χ0) is 11.8. The van der Waals surface area contributed by atoms with E-state index in [0.29, 0.717) is 19.5 Å². The molecule has 0 heterocycles. The van der Waals surface area contributed by atoms with Crippen molar-refractivity contribution in [2.24, 2.45) is 11.7 Å². The number of ketones is 1. The van der Waals surface area contributed by atoms with Gasteiger partial charge in [-0.2, -0.15) is 0 Å². The predicted molar refractivity (Wildman–Crippen MR) is 57.6 cm³/mol. The van der Waals surface area contributed by atoms with Gasteiger partial charge < -0.3 is 16.2 Å². The molecule has 1 atom stereocenters. The van der Waals surface area contributed by atoms with Crippen LogP contribution in [0.2, 0.25) is 0 Å². The monoisotopic (exact) mass is 216 g/mol. The standard InChI is InChI=1S/C10H20N2O3/c1-7(2)5-9(13)8(6-10(14)15)12-4-3-11/h7-8,12H,3-6,11H2,1-2H3,(H,14,15)/t8-/m0/s1. The van der Waals surface area contributed by atoms with Crippen LogP contribution in [0.4, 0.5) is 0 Å². The van der Waals surface area contributed by atoms with Crippen LogP contribution in [-0.4, -0.2) is 36.0 Å². The number of carboxylic acid groups (broad SMARTS) is 1. The summed E-state index contributed by atoms with van der Waals surface area (Å²) >= 11 is 0. The number of rotatable bonds is 8. The molecule has 0 spiro atoms. The van der Waals surface area contributed by atoms with E-state index in [-0.39, 0.29) is 18.1 Å². The van der Waals surface area contributed by atoms with Crippen molar-refractivity contribution in [2.75, 3.05) is 13.1 Å². The average Bonchev–Trinajstić information content (AvgIpc) is 2.10. The van der Waals surface area contributed by atoms with E-state index in [1.54, 1.807) is 0 Å². The summed E-state index contributed by atoms with van der Waals surface area (Å²) in [4.78, 5) is 22.2. The normalized spacial score (nSPS) is 12.8. The number of aliphatic carboxylic acids is 1. The lowest BCUT2D eigenvalue weighted by molar-refractivity contribution is -0.139. The van der Waals surface area contributed by atoms with E-state index < -0.39 is 12.0 Å². The molecule has 0 saturated heterocycles. The largest absolute Gasteiger partial charge is 0.481 e. The van der Waals surface area contributed by atoms with Crippen molar-refractivity contribution in [3.63, 3.8) is 0 Å². The lowest BCUT2D eigenvalue weighted by Crippen LogP contribution is -2.41. The van der Waals surface area contributed by atoms with Gasteiger partial charge in [0.05, 0.1) is 12.5 Å². The van der Waals surface area contributed by atoms with Crippen molar-refractivity contribution >= 4 is 11.8 Å². The molecular formula is C10H20N2O3. The van der Waals surface area contributed by atoms with Gasteiger partial charge in [0.25, 0.3) is 0 Å². The van der Waals surface area contributed by atoms with Crippen LogP contribution in [-0.2, 0) is 9.59 Å². The quantitative estimate of drug-likeness (QED) is 0.531. The van der Waals surface area contributed by atoms with Crippen LogP contribution in [0.15, 0.2) is 0 Å². The fourth-order valence-corrected chi connectivity index (χ4v) is 1.28. The Kier molecular flexibility index (Phi) is 6.90. The van der Waals surface area contributed by atoms with Crippen molar-refractivity contribution in [3.05, 3.63) is 0 Å². The summed E-state index contributed by atoms with van der Waals surface area (Å²) < 4.78 is 0. The zero-order valence-electron chi connectivity index (χ0n) is 9.32. The third-order valence-corrected chi connectivity index (χ3v) is 1.91. The molecule has 0 unspecified atom stereocenters. The van der Waals surface area contributed by atoms with Crippen LogP contribution in [0.1, 0.15) is 26.7 Å². The summed E-state index contributed by atoms with van der Waals surface area (Å²) in [7, 11) is 0. The Bertz CT molecular complexity index is 217. The summed E-state index contributed by atoms with van der Waals surface area (Å²) in [5.41, 5.74) is 5.29. The van der Waals surface area contributed by atoms with Crippen LogP contribution in [0, 0.1) is 5.92 Å². The van der Waals surface area contributed by atoms with E-state index in [1.807, 2.05) is 13.8 Å². The molecule has 5 nitrogen and oxygen atoms in total. The molecule has 0 fully saturated rings. The Hall–Kier alpha value is -0.940. The second-order valence-corrected chi connectivity index (χ2v) is 3.96. The van der Waals surface area contributed by atoms with Gasteiger partial charge in [0.1, 0.15) is 0 Å². The van der Waals surface area contributed by atoms with Crippen molar-refractivity contribution in [3.8, 4) is 0 Å². The Morgan fingerprint density at radius 1 is 1.33 bits per heavy atom. The zero-order valence-corrected chi connectivity index (χ0v) is 9.32. The van der Waals surface area contributed by atoms with Crippen LogP contribution in [0.3, 0.4) is 0 Å². The molecule has 5 heteroatoms. The van der Waals surface area contributed by atoms with Gasteiger partial charge in [-0.25, -0.2) is 0 Å². The molecule has 0 aliphatic heterocycles. The Morgan fingerprint density at radius 2 is 1.93 bits per heavy atom. The van der Waals surface area contributed by atoms with E-state index in [0.717, 1.165) is 0 Å². The van der Waals surface area contributed by atoms with Crippen molar-refractivity contribution < 1.29 is 14.7 Å². The first-order chi connectivity index (χ1) is 6.97. The summed E-state index contributed by atoms with van der Waals surface area (Å²) in [6.07, 6.45) is 0.223. The van der Waals surface area contributed by atoms with Gasteiger partial charge in [-0.1, -0.05) is 13.8 Å². The molecule has 0 aromatic carbocycles. The van der Waals surface area contributed by atoms with Crippen molar-refractivity contribution in [1.82, 2.24) is 5.32 Å². The molecular weight excluding hydrogens is 196 g/mol. The highest BCUT2D eigenvalue weighted by Crippen LogP contribution is 2.05. The highest BCUT2D eigenvalue weighted by Gasteiger charge is 2.21. The third-order valence-electron chi connectivity index (χ3n) is 1.91. The number of hydrogen-bond acceptors (Lipinski definition) is 4. The maximum absolute atomic E-state index is 11.6. The number of nitrogens with one attached hydrogen (secondary N) is 1. The Morgan fingerprint density at radius 3 is 2.33 bits per heavy atom. The average molecular weight is 216 g/mol. The lowest BCUT2D eigenvalue weighted by atomic mass is 10.00. The molecule has 0 amide bonds. The minimum absolute atomic E-state index is 0.0548. The van der Waals surface area contributed by atoms with Gasteiger partial charge in [0.2, 0.25) is 0 Å². The number of Topliss-reactive ketones (excluding diaryl/α,β-unsaturated/α-hetero) is 1. The Labute approximate surface area is 90.0 Å². The topological polar surface area (TPSA) is 92.4 Å². The Balaban J connectivity index is 4.20. The predicted octanol–water partition coefficient (Wildman–Crippen LogP) is -0.00680. The number of hydrogen-bond donors (Lipinski definition) is 3. The van der Waals surface area contributed by atoms with Gasteiger partial charge >= 0.3 is 5.97 Å². The third kappa shape index (κ3) is 7.04. The van der Waals surface area contributed by atoms with E-state index in [2.05, 4.69) is 5.32 Å². The van der Waals surface area contributed by atoms with Gasteiger partial charge in [0.15, 0.2) is 5.78 Å². The molecule has 88 valence electrons. The first-order valence-electron chi connectivity index (χ1n) is 5.15. The molecule has 0 radical (unpaired) electrons. The second kappa shape index (κ2) is 7.36. The lowest BCUT2D eigenvalue weighted by Gasteiger charge is -2.16. The molecule has 0 aliphatic carbocycles. The van der Waals surface area contributed by atoms with Gasteiger partial charge in [-0.3, -0.25) is 9.59 Å². The molecule has 15 heavy (non-hydrogen) atoms. The number of carbonyl (C=O) groups is 2. The van der Waals surface area contributed by atoms with Gasteiger partial charge in [-0.05, 0) is 5.92 Å². The molecule has 4 N–H and O–H groups in total. The molecule has 0 aromatic heterocycles. The smallest absolute Gasteiger partial charge is 0.305 e. The van der Waals surface area contributed by atoms with Gasteiger partial charge in [-0.15, -0.1) is 0 Å². The maximum atomic E-state index is 11.6. The SMILES string of the molecule is CC(C)CC(=O)[C@H](CC(=O)O)NCCN. The molecule has 0 saturated carbocycles. The van der Waals surface area contributed by atoms with Crippen LogP contribution < -0.4 is 11.1 Å². The molecule has 0 aromatic rings. The molecule has 0 aliphatic rings. The van der Waals surface area contributed by atoms with Crippen molar-refractivity contribution in [2.45, 2.75) is 32.7 Å². The number of nitrogens with two attached hydrogens (primary N) is 1. The first-order valence-corrected chi connectivity index (χ1v) is 5.15. The summed E-state index contributed by atoms with van der Waals surface area (Å²) in [6.45, 7) is 4.71. The highest BCUT2D eigenvalue weighted by atomic mass is 16.4. The summed E-state index contributed by atoms with van der Waals surface area (Å²) in [6, 6.07) is -0.603.